The molecule has 1 atom stereocenters. The van der Waals surface area contributed by atoms with Crippen LogP contribution in [0.25, 0.3) is 17.0 Å². The van der Waals surface area contributed by atoms with E-state index in [1.54, 1.807) is 0 Å². The minimum atomic E-state index is -1.33. The van der Waals surface area contributed by atoms with E-state index in [0.717, 1.165) is 10.1 Å². The quantitative estimate of drug-likeness (QED) is 0.372. The lowest BCUT2D eigenvalue weighted by molar-refractivity contribution is -0.383. The number of carbonyl (C=O) groups is 3. The van der Waals surface area contributed by atoms with E-state index in [2.05, 4.69) is 0 Å². The number of benzene rings is 2. The van der Waals surface area contributed by atoms with Crippen molar-refractivity contribution < 1.29 is 24.4 Å². The van der Waals surface area contributed by atoms with Gasteiger partial charge >= 0.3 is 6.09 Å². The van der Waals surface area contributed by atoms with Gasteiger partial charge in [0.2, 0.25) is 5.91 Å². The second kappa shape index (κ2) is 8.23. The maximum absolute atomic E-state index is 13.2. The van der Waals surface area contributed by atoms with Gasteiger partial charge in [-0.1, -0.05) is 36.4 Å². The Balaban J connectivity index is 1.80. The second-order valence-corrected chi connectivity index (χ2v) is 7.71. The second-order valence-electron chi connectivity index (χ2n) is 7.71. The number of likely N-dealkylation sites (N-methyl/N-ethyl adjacent to an activating group) is 2. The Kier molecular flexibility index (Phi) is 5.42. The lowest BCUT2D eigenvalue weighted by atomic mass is 10.00. The summed E-state index contributed by atoms with van der Waals surface area (Å²) in [4.78, 5) is 51.5. The number of fused-ring (bicyclic) bond motifs is 1. The normalized spacial score (nSPS) is 17.8. The summed E-state index contributed by atoms with van der Waals surface area (Å²) in [7, 11) is 2.99. The molecule has 1 aromatic heterocycles. The summed E-state index contributed by atoms with van der Waals surface area (Å²) in [5.41, 5.74) is 0.853. The highest BCUT2D eigenvalue weighted by Crippen LogP contribution is 2.33. The zero-order valence-electron chi connectivity index (χ0n) is 17.8. The molecule has 1 fully saturated rings. The molecule has 0 saturated carbocycles. The summed E-state index contributed by atoms with van der Waals surface area (Å²) in [6.07, 6.45) is 1.53. The molecule has 3 aromatic rings. The highest BCUT2D eigenvalue weighted by atomic mass is 16.6. The van der Waals surface area contributed by atoms with Crippen molar-refractivity contribution in [1.82, 2.24) is 14.4 Å². The van der Waals surface area contributed by atoms with Gasteiger partial charge in [-0.3, -0.25) is 24.3 Å². The molecule has 1 aliphatic heterocycles. The van der Waals surface area contributed by atoms with Gasteiger partial charge in [0, 0.05) is 38.3 Å². The van der Waals surface area contributed by atoms with Gasteiger partial charge in [-0.25, -0.2) is 4.79 Å². The predicted molar refractivity (Wildman–Crippen MR) is 119 cm³/mol. The van der Waals surface area contributed by atoms with Crippen LogP contribution in [0.5, 0.6) is 0 Å². The van der Waals surface area contributed by atoms with Crippen LogP contribution >= 0.6 is 0 Å². The van der Waals surface area contributed by atoms with Gasteiger partial charge in [0.05, 0.1) is 15.8 Å². The van der Waals surface area contributed by atoms with Gasteiger partial charge in [-0.2, -0.15) is 0 Å². The number of carboxylic acid groups (broad SMARTS) is 1. The summed E-state index contributed by atoms with van der Waals surface area (Å²) >= 11 is 0. The first-order chi connectivity index (χ1) is 15.7. The number of carbonyl (C=O) groups excluding carboxylic acids is 2. The van der Waals surface area contributed by atoms with E-state index in [-0.39, 0.29) is 33.8 Å². The van der Waals surface area contributed by atoms with Crippen molar-refractivity contribution in [3.05, 3.63) is 81.7 Å². The van der Waals surface area contributed by atoms with Crippen molar-refractivity contribution in [3.63, 3.8) is 0 Å². The highest BCUT2D eigenvalue weighted by Gasteiger charge is 2.39. The van der Waals surface area contributed by atoms with Crippen LogP contribution in [0.15, 0.2) is 60.4 Å². The van der Waals surface area contributed by atoms with E-state index in [9.17, 15) is 29.6 Å². The first kappa shape index (κ1) is 21.8. The molecule has 10 heteroatoms. The van der Waals surface area contributed by atoms with E-state index in [1.165, 1.54) is 54.4 Å². The number of rotatable bonds is 4. The molecular weight excluding hydrogens is 428 g/mol. The molecule has 0 aliphatic carbocycles. The van der Waals surface area contributed by atoms with Gasteiger partial charge in [0.15, 0.2) is 0 Å². The smallest absolute Gasteiger partial charge is 0.416 e. The molecule has 1 N–H and O–H groups in total. The molecule has 2 aromatic carbocycles. The van der Waals surface area contributed by atoms with Crippen molar-refractivity contribution >= 4 is 40.6 Å². The van der Waals surface area contributed by atoms with Crippen LogP contribution in [-0.4, -0.2) is 62.4 Å². The minimum absolute atomic E-state index is 0.00518. The Morgan fingerprint density at radius 3 is 2.45 bits per heavy atom. The third-order valence-electron chi connectivity index (χ3n) is 5.79. The standard InChI is InChI=1S/C23H20N4O6/c1-24-18(11-14-7-4-3-5-8-14)21(28)25(2)19(22(24)29)12-15-13-26(23(30)31)16-9-6-10-17(20(15)16)27(32)33/h3-10,12-13,18H,11H2,1-2H3,(H,30,31). The van der Waals surface area contributed by atoms with Gasteiger partial charge in [-0.05, 0) is 17.7 Å². The maximum Gasteiger partial charge on any atom is 0.416 e. The number of aromatic nitrogens is 1. The zero-order valence-corrected chi connectivity index (χ0v) is 17.8. The Bertz CT molecular complexity index is 1330. The molecule has 33 heavy (non-hydrogen) atoms. The third-order valence-corrected chi connectivity index (χ3v) is 5.79. The summed E-state index contributed by atoms with van der Waals surface area (Å²) < 4.78 is 0.853. The van der Waals surface area contributed by atoms with Crippen molar-refractivity contribution in [2.75, 3.05) is 14.1 Å². The van der Waals surface area contributed by atoms with Crippen molar-refractivity contribution in [2.45, 2.75) is 12.5 Å². The third kappa shape index (κ3) is 3.71. The number of piperazine rings is 1. The number of nitrogens with zero attached hydrogens (tertiary/aromatic N) is 4. The first-order valence-corrected chi connectivity index (χ1v) is 10.0. The van der Waals surface area contributed by atoms with E-state index in [4.69, 9.17) is 0 Å². The van der Waals surface area contributed by atoms with Gasteiger partial charge in [0.1, 0.15) is 11.7 Å². The minimum Gasteiger partial charge on any atom is -0.464 e. The number of nitro benzene ring substituents is 1. The first-order valence-electron chi connectivity index (χ1n) is 10.0. The Morgan fingerprint density at radius 1 is 1.12 bits per heavy atom. The van der Waals surface area contributed by atoms with E-state index < -0.39 is 23.0 Å². The molecule has 10 nitrogen and oxygen atoms in total. The van der Waals surface area contributed by atoms with E-state index in [1.807, 2.05) is 30.3 Å². The number of non-ortho nitro benzene ring substituents is 1. The molecule has 0 radical (unpaired) electrons. The lowest BCUT2D eigenvalue weighted by Gasteiger charge is -2.38. The average Bonchev–Trinajstić information content (AvgIpc) is 3.18. The van der Waals surface area contributed by atoms with Crippen molar-refractivity contribution in [1.29, 1.82) is 0 Å². The van der Waals surface area contributed by atoms with Crippen molar-refractivity contribution in [2.24, 2.45) is 0 Å². The molecule has 1 aliphatic rings. The SMILES string of the molecule is CN1C(=O)C(Cc2ccccc2)N(C)C(=O)C1=Cc1cn(C(=O)O)c2cccc([N+](=O)[O-])c12. The van der Waals surface area contributed by atoms with Crippen molar-refractivity contribution in [3.8, 4) is 0 Å². The number of hydrogen-bond acceptors (Lipinski definition) is 5. The number of hydrogen-bond donors (Lipinski definition) is 1. The van der Waals surface area contributed by atoms with Crippen LogP contribution < -0.4 is 0 Å². The van der Waals surface area contributed by atoms with Crippen LogP contribution in [0.4, 0.5) is 10.5 Å². The molecule has 0 spiro atoms. The van der Waals surface area contributed by atoms with Gasteiger partial charge in [0.25, 0.3) is 11.6 Å². The predicted octanol–water partition coefficient (Wildman–Crippen LogP) is 2.96. The van der Waals surface area contributed by atoms with Crippen LogP contribution in [0.2, 0.25) is 0 Å². The molecule has 0 bridgehead atoms. The zero-order chi connectivity index (χ0) is 23.9. The largest absolute Gasteiger partial charge is 0.464 e. The molecule has 1 saturated heterocycles. The summed E-state index contributed by atoms with van der Waals surface area (Å²) in [5.74, 6) is -0.767. The number of amides is 2. The molecule has 2 amide bonds. The summed E-state index contributed by atoms with van der Waals surface area (Å²) in [6, 6.07) is 12.7. The topological polar surface area (TPSA) is 126 Å². The fraction of sp³-hybridized carbons (Fsp3) is 0.174. The Labute approximate surface area is 188 Å². The molecule has 1 unspecified atom stereocenters. The van der Waals surface area contributed by atoms with Gasteiger partial charge < -0.3 is 14.9 Å². The number of nitro groups is 1. The Morgan fingerprint density at radius 2 is 1.82 bits per heavy atom. The Hall–Kier alpha value is -4.47. The van der Waals surface area contributed by atoms with Gasteiger partial charge in [-0.15, -0.1) is 0 Å². The fourth-order valence-corrected chi connectivity index (χ4v) is 4.06. The fourth-order valence-electron chi connectivity index (χ4n) is 4.06. The highest BCUT2D eigenvalue weighted by molar-refractivity contribution is 6.09. The van der Waals surface area contributed by atoms with Crippen LogP contribution in [-0.2, 0) is 16.0 Å². The molecular formula is C23H20N4O6. The molecule has 2 heterocycles. The van der Waals surface area contributed by atoms with E-state index >= 15 is 0 Å². The monoisotopic (exact) mass is 448 g/mol. The lowest BCUT2D eigenvalue weighted by Crippen LogP contribution is -2.56. The van der Waals surface area contributed by atoms with Crippen LogP contribution in [0.1, 0.15) is 11.1 Å². The van der Waals surface area contributed by atoms with E-state index in [0.29, 0.717) is 6.42 Å². The van der Waals surface area contributed by atoms with Crippen LogP contribution in [0.3, 0.4) is 0 Å². The van der Waals surface area contributed by atoms with Crippen LogP contribution in [0, 0.1) is 10.1 Å². The molecule has 168 valence electrons. The molecule has 4 rings (SSSR count). The summed E-state index contributed by atoms with van der Waals surface area (Å²) in [5, 5.41) is 21.2. The summed E-state index contributed by atoms with van der Waals surface area (Å²) in [6.45, 7) is 0. The maximum atomic E-state index is 13.2. The average molecular weight is 448 g/mol.